The highest BCUT2D eigenvalue weighted by atomic mass is 127. The van der Waals surface area contributed by atoms with Gasteiger partial charge in [0.25, 0.3) is 0 Å². The summed E-state index contributed by atoms with van der Waals surface area (Å²) in [6, 6.07) is 0. The van der Waals surface area contributed by atoms with Crippen molar-refractivity contribution < 1.29 is 0 Å². The average Bonchev–Trinajstić information content (AvgIpc) is 1.61. The van der Waals surface area contributed by atoms with Gasteiger partial charge < -0.3 is 0 Å². The van der Waals surface area contributed by atoms with Crippen LogP contribution in [0.15, 0.2) is 4.99 Å². The Hall–Kier alpha value is 0.0700. The quantitative estimate of drug-likeness (QED) is 0.297. The first-order chi connectivity index (χ1) is 2.91. The molecule has 0 radical (unpaired) electrons. The Morgan fingerprint density at radius 1 is 1.83 bits per heavy atom. The van der Waals surface area contributed by atoms with Gasteiger partial charge in [0.2, 0.25) is 0 Å². The lowest BCUT2D eigenvalue weighted by molar-refractivity contribution is 1.52. The molecular weight excluding hydrogens is 191 g/mol. The van der Waals surface area contributed by atoms with Gasteiger partial charge in [-0.1, -0.05) is 22.6 Å². The average molecular weight is 196 g/mol. The molecule has 0 aromatic carbocycles. The van der Waals surface area contributed by atoms with Crippen molar-refractivity contribution in [3.05, 3.63) is 0 Å². The SMILES string of the molecule is N=C/N=C\CI. The van der Waals surface area contributed by atoms with Crippen molar-refractivity contribution in [2.45, 2.75) is 0 Å². The third kappa shape index (κ3) is 4.07. The minimum Gasteiger partial charge on any atom is -0.290 e. The molecule has 1 N–H and O–H groups in total. The van der Waals surface area contributed by atoms with E-state index >= 15 is 0 Å². The molecule has 0 fully saturated rings. The molecule has 0 bridgehead atoms. The molecule has 0 saturated heterocycles. The van der Waals surface area contributed by atoms with Crippen molar-refractivity contribution in [1.29, 1.82) is 5.41 Å². The van der Waals surface area contributed by atoms with Crippen LogP contribution < -0.4 is 0 Å². The zero-order valence-electron chi connectivity index (χ0n) is 3.19. The second-order valence-corrected chi connectivity index (χ2v) is 1.50. The molecule has 0 aliphatic rings. The van der Waals surface area contributed by atoms with E-state index in [1.807, 2.05) is 0 Å². The summed E-state index contributed by atoms with van der Waals surface area (Å²) in [5.74, 6) is 0. The van der Waals surface area contributed by atoms with Crippen molar-refractivity contribution >= 4 is 35.1 Å². The highest BCUT2D eigenvalue weighted by molar-refractivity contribution is 14.1. The predicted octanol–water partition coefficient (Wildman–Crippen LogP) is 1.10. The molecule has 0 aliphatic carbocycles. The number of hydrogen-bond acceptors (Lipinski definition) is 1. The van der Waals surface area contributed by atoms with Gasteiger partial charge in [-0.3, -0.25) is 5.41 Å². The Labute approximate surface area is 50.3 Å². The fourth-order valence-corrected chi connectivity index (χ4v) is 0.320. The lowest BCUT2D eigenvalue weighted by Crippen LogP contribution is -1.69. The summed E-state index contributed by atoms with van der Waals surface area (Å²) < 4.78 is 0.882. The standard InChI is InChI=1S/C3H5IN2/c4-1-2-6-3-5/h2-3,5H,1H2/b5-3?,6-2-. The molecule has 0 unspecified atom stereocenters. The van der Waals surface area contributed by atoms with Gasteiger partial charge in [0, 0.05) is 10.6 Å². The largest absolute Gasteiger partial charge is 0.290 e. The van der Waals surface area contributed by atoms with Crippen molar-refractivity contribution in [3.8, 4) is 0 Å². The van der Waals surface area contributed by atoms with E-state index in [1.165, 1.54) is 0 Å². The molecule has 3 heteroatoms. The van der Waals surface area contributed by atoms with Crippen LogP contribution in [0.5, 0.6) is 0 Å². The van der Waals surface area contributed by atoms with Crippen LogP contribution in [-0.2, 0) is 0 Å². The molecule has 2 nitrogen and oxygen atoms in total. The normalized spacial score (nSPS) is 9.50. The summed E-state index contributed by atoms with van der Waals surface area (Å²) in [6.07, 6.45) is 2.70. The van der Waals surface area contributed by atoms with Gasteiger partial charge in [-0.15, -0.1) is 0 Å². The zero-order valence-corrected chi connectivity index (χ0v) is 5.34. The number of halogens is 1. The fraction of sp³-hybridized carbons (Fsp3) is 0.333. The molecule has 0 rings (SSSR count). The van der Waals surface area contributed by atoms with E-state index in [9.17, 15) is 0 Å². The molecule has 6 heavy (non-hydrogen) atoms. The summed E-state index contributed by atoms with van der Waals surface area (Å²) in [7, 11) is 0. The van der Waals surface area contributed by atoms with Gasteiger partial charge in [-0.25, -0.2) is 4.99 Å². The van der Waals surface area contributed by atoms with Crippen LogP contribution in [0, 0.1) is 5.41 Å². The number of rotatable bonds is 2. The maximum atomic E-state index is 6.38. The number of aliphatic imine (C=N–C) groups is 1. The smallest absolute Gasteiger partial charge is 0.106 e. The first-order valence-electron chi connectivity index (χ1n) is 1.48. The second kappa shape index (κ2) is 5.07. The number of nitrogens with one attached hydrogen (secondary N) is 1. The third-order valence-corrected chi connectivity index (χ3v) is 0.643. The molecule has 0 aromatic heterocycles. The molecule has 0 aromatic rings. The lowest BCUT2D eigenvalue weighted by Gasteiger charge is -1.65. The van der Waals surface area contributed by atoms with Crippen LogP contribution in [0.3, 0.4) is 0 Å². The van der Waals surface area contributed by atoms with Crippen LogP contribution in [-0.4, -0.2) is 17.0 Å². The Kier molecular flexibility index (Phi) is 5.13. The van der Waals surface area contributed by atoms with Gasteiger partial charge in [0.05, 0.1) is 0 Å². The number of nitrogens with zero attached hydrogens (tertiary/aromatic N) is 1. The summed E-state index contributed by atoms with van der Waals surface area (Å²) >= 11 is 2.16. The third-order valence-electron chi connectivity index (χ3n) is 0.249. The highest BCUT2D eigenvalue weighted by Gasteiger charge is 1.58. The van der Waals surface area contributed by atoms with Crippen LogP contribution in [0.4, 0.5) is 0 Å². The molecule has 0 heterocycles. The van der Waals surface area contributed by atoms with Gasteiger partial charge in [0.1, 0.15) is 6.34 Å². The molecule has 34 valence electrons. The summed E-state index contributed by atoms with van der Waals surface area (Å²) in [5.41, 5.74) is 0. The zero-order chi connectivity index (χ0) is 4.83. The Balaban J connectivity index is 2.94. The van der Waals surface area contributed by atoms with Crippen molar-refractivity contribution in [2.24, 2.45) is 4.99 Å². The van der Waals surface area contributed by atoms with Crippen molar-refractivity contribution in [2.75, 3.05) is 4.43 Å². The van der Waals surface area contributed by atoms with Crippen LogP contribution in [0.1, 0.15) is 0 Å². The first kappa shape index (κ1) is 6.07. The van der Waals surface area contributed by atoms with Gasteiger partial charge in [0.15, 0.2) is 0 Å². The van der Waals surface area contributed by atoms with E-state index in [0.717, 1.165) is 10.8 Å². The fourth-order valence-electron chi connectivity index (χ4n) is 0.0925. The van der Waals surface area contributed by atoms with E-state index in [1.54, 1.807) is 6.21 Å². The van der Waals surface area contributed by atoms with Crippen LogP contribution in [0.2, 0.25) is 0 Å². The van der Waals surface area contributed by atoms with E-state index in [-0.39, 0.29) is 0 Å². The van der Waals surface area contributed by atoms with E-state index in [0.29, 0.717) is 0 Å². The molecule has 0 aliphatic heterocycles. The van der Waals surface area contributed by atoms with Gasteiger partial charge in [-0.05, 0) is 0 Å². The molecular formula is C3H5IN2. The second-order valence-electron chi connectivity index (χ2n) is 0.615. The Bertz CT molecular complexity index is 59.8. The minimum atomic E-state index is 0.882. The number of hydrogen-bond donors (Lipinski definition) is 1. The van der Waals surface area contributed by atoms with Gasteiger partial charge >= 0.3 is 0 Å². The Morgan fingerprint density at radius 2 is 2.50 bits per heavy atom. The summed E-state index contributed by atoms with van der Waals surface area (Å²) in [5, 5.41) is 6.38. The van der Waals surface area contributed by atoms with Crippen molar-refractivity contribution in [1.82, 2.24) is 0 Å². The first-order valence-corrected chi connectivity index (χ1v) is 3.01. The van der Waals surface area contributed by atoms with Crippen LogP contribution in [0.25, 0.3) is 0 Å². The molecule has 0 spiro atoms. The topological polar surface area (TPSA) is 36.2 Å². The van der Waals surface area contributed by atoms with E-state index in [4.69, 9.17) is 5.41 Å². The number of alkyl halides is 1. The van der Waals surface area contributed by atoms with E-state index < -0.39 is 0 Å². The van der Waals surface area contributed by atoms with Gasteiger partial charge in [-0.2, -0.15) is 0 Å². The lowest BCUT2D eigenvalue weighted by atomic mass is 10.9. The minimum absolute atomic E-state index is 0.882. The molecule has 0 saturated carbocycles. The summed E-state index contributed by atoms with van der Waals surface area (Å²) in [6.45, 7) is 0. The van der Waals surface area contributed by atoms with Crippen molar-refractivity contribution in [3.63, 3.8) is 0 Å². The highest BCUT2D eigenvalue weighted by Crippen LogP contribution is 1.71. The summed E-state index contributed by atoms with van der Waals surface area (Å²) in [4.78, 5) is 3.50. The maximum absolute atomic E-state index is 6.38. The van der Waals surface area contributed by atoms with Crippen LogP contribution >= 0.6 is 22.6 Å². The molecule has 0 atom stereocenters. The molecule has 0 amide bonds. The maximum Gasteiger partial charge on any atom is 0.106 e. The van der Waals surface area contributed by atoms with E-state index in [2.05, 4.69) is 27.6 Å². The Morgan fingerprint density at radius 3 is 2.67 bits per heavy atom. The predicted molar refractivity (Wildman–Crippen MR) is 36.2 cm³/mol. The monoisotopic (exact) mass is 196 g/mol.